The molecule has 1 atom stereocenters. The molecule has 1 aromatic heterocycles. The lowest BCUT2D eigenvalue weighted by Crippen LogP contribution is -2.54. The molecule has 1 aromatic carbocycles. The SMILES string of the molecule is CCN1C(=O)[C@@H]2CN(C(=O)c3ccc4[nH]c(C)c(C)c4c3)CCN2C1=O. The maximum atomic E-state index is 13.0. The van der Waals surface area contributed by atoms with E-state index >= 15 is 0 Å². The third kappa shape index (κ3) is 2.30. The topological polar surface area (TPSA) is 76.7 Å². The number of aromatic amines is 1. The molecule has 0 bridgehead atoms. The van der Waals surface area contributed by atoms with E-state index in [0.29, 0.717) is 25.2 Å². The van der Waals surface area contributed by atoms with Gasteiger partial charge in [-0.1, -0.05) is 0 Å². The number of aromatic nitrogens is 1. The summed E-state index contributed by atoms with van der Waals surface area (Å²) >= 11 is 0. The highest BCUT2D eigenvalue weighted by Crippen LogP contribution is 2.25. The van der Waals surface area contributed by atoms with Crippen LogP contribution in [-0.2, 0) is 4.79 Å². The van der Waals surface area contributed by atoms with Crippen molar-refractivity contribution in [2.45, 2.75) is 26.8 Å². The van der Waals surface area contributed by atoms with Crippen LogP contribution in [0.25, 0.3) is 10.9 Å². The Kier molecular flexibility index (Phi) is 3.75. The number of imide groups is 1. The molecule has 136 valence electrons. The van der Waals surface area contributed by atoms with E-state index in [1.54, 1.807) is 16.7 Å². The summed E-state index contributed by atoms with van der Waals surface area (Å²) in [6, 6.07) is 4.84. The molecular weight excluding hydrogens is 332 g/mol. The molecule has 2 saturated heterocycles. The summed E-state index contributed by atoms with van der Waals surface area (Å²) in [6.45, 7) is 7.27. The number of piperazine rings is 1. The molecular formula is C19H22N4O3. The van der Waals surface area contributed by atoms with Gasteiger partial charge in [0.1, 0.15) is 6.04 Å². The molecule has 2 aliphatic heterocycles. The van der Waals surface area contributed by atoms with Gasteiger partial charge in [-0.05, 0) is 44.5 Å². The minimum absolute atomic E-state index is 0.0972. The van der Waals surface area contributed by atoms with Crippen LogP contribution in [0.2, 0.25) is 0 Å². The number of amides is 4. The maximum Gasteiger partial charge on any atom is 0.327 e. The van der Waals surface area contributed by atoms with Gasteiger partial charge in [-0.2, -0.15) is 0 Å². The Labute approximate surface area is 151 Å². The van der Waals surface area contributed by atoms with Crippen molar-refractivity contribution in [1.29, 1.82) is 0 Å². The molecule has 0 unspecified atom stereocenters. The highest BCUT2D eigenvalue weighted by molar-refractivity contribution is 6.05. The van der Waals surface area contributed by atoms with Gasteiger partial charge in [-0.25, -0.2) is 4.79 Å². The van der Waals surface area contributed by atoms with Gasteiger partial charge >= 0.3 is 6.03 Å². The van der Waals surface area contributed by atoms with Crippen LogP contribution >= 0.6 is 0 Å². The predicted molar refractivity (Wildman–Crippen MR) is 97.0 cm³/mol. The van der Waals surface area contributed by atoms with Crippen LogP contribution in [0.15, 0.2) is 18.2 Å². The van der Waals surface area contributed by atoms with Crippen molar-refractivity contribution >= 4 is 28.7 Å². The number of hydrogen-bond donors (Lipinski definition) is 1. The molecule has 0 saturated carbocycles. The zero-order valence-electron chi connectivity index (χ0n) is 15.2. The molecule has 0 spiro atoms. The maximum absolute atomic E-state index is 13.0. The standard InChI is InChI=1S/C19H22N4O3/c1-4-22-18(25)16-10-21(7-8-23(16)19(22)26)17(24)13-5-6-15-14(9-13)11(2)12(3)20-15/h5-6,9,16,20H,4,7-8,10H2,1-3H3/t16-/m0/s1. The summed E-state index contributed by atoms with van der Waals surface area (Å²) in [5.74, 6) is -0.303. The van der Waals surface area contributed by atoms with E-state index in [-0.39, 0.29) is 24.4 Å². The van der Waals surface area contributed by atoms with Crippen LogP contribution in [-0.4, -0.2) is 69.8 Å². The summed E-state index contributed by atoms with van der Waals surface area (Å²) in [4.78, 5) is 45.5. The molecule has 3 heterocycles. The van der Waals surface area contributed by atoms with Crippen molar-refractivity contribution in [3.8, 4) is 0 Å². The lowest BCUT2D eigenvalue weighted by Gasteiger charge is -2.35. The Morgan fingerprint density at radius 1 is 1.23 bits per heavy atom. The van der Waals surface area contributed by atoms with Gasteiger partial charge < -0.3 is 14.8 Å². The number of carbonyl (C=O) groups excluding carboxylic acids is 3. The monoisotopic (exact) mass is 354 g/mol. The smallest absolute Gasteiger partial charge is 0.327 e. The van der Waals surface area contributed by atoms with E-state index in [9.17, 15) is 14.4 Å². The number of fused-ring (bicyclic) bond motifs is 2. The van der Waals surface area contributed by atoms with E-state index < -0.39 is 6.04 Å². The van der Waals surface area contributed by atoms with Crippen LogP contribution in [0.4, 0.5) is 4.79 Å². The van der Waals surface area contributed by atoms with E-state index in [1.165, 1.54) is 4.90 Å². The van der Waals surface area contributed by atoms with Crippen LogP contribution in [0, 0.1) is 13.8 Å². The molecule has 4 rings (SSSR count). The van der Waals surface area contributed by atoms with Crippen molar-refractivity contribution < 1.29 is 14.4 Å². The first-order valence-electron chi connectivity index (χ1n) is 8.92. The molecule has 0 aliphatic carbocycles. The minimum atomic E-state index is -0.555. The van der Waals surface area contributed by atoms with Crippen LogP contribution < -0.4 is 0 Å². The first-order chi connectivity index (χ1) is 12.4. The summed E-state index contributed by atoms with van der Waals surface area (Å²) in [5.41, 5.74) is 3.84. The second kappa shape index (κ2) is 5.86. The first-order valence-corrected chi connectivity index (χ1v) is 8.92. The second-order valence-electron chi connectivity index (χ2n) is 6.96. The summed E-state index contributed by atoms with van der Waals surface area (Å²) in [6.07, 6.45) is 0. The van der Waals surface area contributed by atoms with Crippen molar-refractivity contribution in [1.82, 2.24) is 19.7 Å². The largest absolute Gasteiger partial charge is 0.358 e. The Balaban J connectivity index is 1.59. The van der Waals surface area contributed by atoms with Crippen molar-refractivity contribution in [2.75, 3.05) is 26.2 Å². The molecule has 1 N–H and O–H groups in total. The molecule has 2 aromatic rings. The average Bonchev–Trinajstić information content (AvgIpc) is 3.07. The van der Waals surface area contributed by atoms with Crippen LogP contribution in [0.1, 0.15) is 28.5 Å². The Bertz CT molecular complexity index is 932. The van der Waals surface area contributed by atoms with Crippen molar-refractivity contribution in [2.24, 2.45) is 0 Å². The molecule has 4 amide bonds. The second-order valence-corrected chi connectivity index (χ2v) is 6.96. The predicted octanol–water partition coefficient (Wildman–Crippen LogP) is 1.89. The molecule has 2 aliphatic rings. The lowest BCUT2D eigenvalue weighted by atomic mass is 10.1. The fraction of sp³-hybridized carbons (Fsp3) is 0.421. The zero-order chi connectivity index (χ0) is 18.6. The zero-order valence-corrected chi connectivity index (χ0v) is 15.2. The fourth-order valence-electron chi connectivity index (χ4n) is 3.90. The number of aryl methyl sites for hydroxylation is 2. The number of nitrogens with zero attached hydrogens (tertiary/aromatic N) is 3. The van der Waals surface area contributed by atoms with Gasteiger partial charge in [0, 0.05) is 41.8 Å². The number of H-pyrrole nitrogens is 1. The van der Waals surface area contributed by atoms with Gasteiger partial charge in [0.25, 0.3) is 11.8 Å². The summed E-state index contributed by atoms with van der Waals surface area (Å²) in [5, 5.41) is 1.04. The number of carbonyl (C=O) groups is 3. The van der Waals surface area contributed by atoms with Gasteiger partial charge in [0.2, 0.25) is 0 Å². The number of rotatable bonds is 2. The number of nitrogens with one attached hydrogen (secondary N) is 1. The Hall–Kier alpha value is -2.83. The number of benzene rings is 1. The van der Waals surface area contributed by atoms with E-state index in [0.717, 1.165) is 22.2 Å². The van der Waals surface area contributed by atoms with Crippen LogP contribution in [0.3, 0.4) is 0 Å². The third-order valence-electron chi connectivity index (χ3n) is 5.57. The molecule has 7 heteroatoms. The normalized spacial score (nSPS) is 20.3. The van der Waals surface area contributed by atoms with Crippen molar-refractivity contribution in [3.63, 3.8) is 0 Å². The van der Waals surface area contributed by atoms with Gasteiger partial charge in [0.15, 0.2) is 0 Å². The average molecular weight is 354 g/mol. The molecule has 0 radical (unpaired) electrons. The fourth-order valence-corrected chi connectivity index (χ4v) is 3.90. The molecule has 26 heavy (non-hydrogen) atoms. The molecule has 7 nitrogen and oxygen atoms in total. The highest BCUT2D eigenvalue weighted by atomic mass is 16.2. The van der Waals surface area contributed by atoms with E-state index in [2.05, 4.69) is 4.98 Å². The number of hydrogen-bond acceptors (Lipinski definition) is 3. The highest BCUT2D eigenvalue weighted by Gasteiger charge is 2.47. The van der Waals surface area contributed by atoms with Gasteiger partial charge in [-0.3, -0.25) is 14.5 Å². The van der Waals surface area contributed by atoms with Crippen molar-refractivity contribution in [3.05, 3.63) is 35.0 Å². The summed E-state index contributed by atoms with van der Waals surface area (Å²) < 4.78 is 0. The Morgan fingerprint density at radius 2 is 2.00 bits per heavy atom. The van der Waals surface area contributed by atoms with E-state index in [1.807, 2.05) is 32.0 Å². The first kappa shape index (κ1) is 16.6. The number of likely N-dealkylation sites (N-methyl/N-ethyl adjacent to an activating group) is 1. The molecule has 2 fully saturated rings. The summed E-state index contributed by atoms with van der Waals surface area (Å²) in [7, 11) is 0. The number of urea groups is 1. The quantitative estimate of drug-likeness (QED) is 0.837. The Morgan fingerprint density at radius 3 is 2.73 bits per heavy atom. The van der Waals surface area contributed by atoms with Gasteiger partial charge in [0.05, 0.1) is 6.54 Å². The lowest BCUT2D eigenvalue weighted by molar-refractivity contribution is -0.129. The van der Waals surface area contributed by atoms with Crippen LogP contribution in [0.5, 0.6) is 0 Å². The van der Waals surface area contributed by atoms with Gasteiger partial charge in [-0.15, -0.1) is 0 Å². The van der Waals surface area contributed by atoms with E-state index in [4.69, 9.17) is 0 Å². The third-order valence-corrected chi connectivity index (χ3v) is 5.57. The minimum Gasteiger partial charge on any atom is -0.358 e.